The smallest absolute Gasteiger partial charge is 0.307 e. The second-order valence-corrected chi connectivity index (χ2v) is 1.12. The summed E-state index contributed by atoms with van der Waals surface area (Å²) in [5, 5.41) is 7.96. The maximum absolute atomic E-state index is 9.69. The van der Waals surface area contributed by atoms with Crippen molar-refractivity contribution >= 4 is 12.3 Å². The summed E-state index contributed by atoms with van der Waals surface area (Å²) in [4.78, 5) is 19.1. The van der Waals surface area contributed by atoms with Crippen LogP contribution in [0.2, 0.25) is 0 Å². The highest BCUT2D eigenvalue weighted by atomic mass is 16.4. The quantitative estimate of drug-likeness (QED) is 0.529. The molecule has 0 saturated heterocycles. The minimum Gasteiger partial charge on any atom is -0.481 e. The zero-order valence-electron chi connectivity index (χ0n) is 4.13. The van der Waals surface area contributed by atoms with Crippen LogP contribution < -0.4 is 0 Å². The molecule has 0 saturated carbocycles. The Hall–Kier alpha value is -1.12. The number of allylic oxidation sites excluding steroid dienone is 1. The first kappa shape index (κ1) is 6.88. The van der Waals surface area contributed by atoms with E-state index < -0.39 is 5.97 Å². The predicted octanol–water partition coefficient (Wildman–Crippen LogP) is 0.127. The van der Waals surface area contributed by atoms with Gasteiger partial charge in [-0.15, -0.1) is 0 Å². The molecule has 0 amide bonds. The highest BCUT2D eigenvalue weighted by Gasteiger charge is 1.86. The summed E-state index contributed by atoms with van der Waals surface area (Å²) in [5.74, 6) is -0.948. The molecule has 3 heteroatoms. The summed E-state index contributed by atoms with van der Waals surface area (Å²) in [6, 6.07) is 0. The average Bonchev–Trinajstić information content (AvgIpc) is 1.66. The Morgan fingerprint density at radius 3 is 2.75 bits per heavy atom. The Morgan fingerprint density at radius 1 is 1.75 bits per heavy atom. The van der Waals surface area contributed by atoms with E-state index in [9.17, 15) is 9.59 Å². The maximum atomic E-state index is 9.69. The lowest BCUT2D eigenvalue weighted by atomic mass is 10.4. The van der Waals surface area contributed by atoms with Crippen molar-refractivity contribution in [3.8, 4) is 0 Å². The van der Waals surface area contributed by atoms with Gasteiger partial charge < -0.3 is 5.11 Å². The number of carboxylic acid groups (broad SMARTS) is 1. The van der Waals surface area contributed by atoms with Gasteiger partial charge in [0, 0.05) is 0 Å². The molecule has 0 aliphatic heterocycles. The van der Waals surface area contributed by atoms with E-state index in [2.05, 4.69) is 0 Å². The molecule has 0 aromatic rings. The molecule has 0 spiro atoms. The van der Waals surface area contributed by atoms with Crippen molar-refractivity contribution in [3.05, 3.63) is 12.2 Å². The van der Waals surface area contributed by atoms with Crippen LogP contribution in [0.5, 0.6) is 0 Å². The van der Waals surface area contributed by atoms with E-state index in [0.717, 1.165) is 6.08 Å². The van der Waals surface area contributed by atoms with Gasteiger partial charge in [-0.3, -0.25) is 9.59 Å². The van der Waals surface area contributed by atoms with Gasteiger partial charge in [-0.25, -0.2) is 0 Å². The fourth-order valence-corrected chi connectivity index (χ4v) is 0.208. The number of hydrogen-bond acceptors (Lipinski definition) is 2. The van der Waals surface area contributed by atoms with Crippen molar-refractivity contribution in [2.24, 2.45) is 0 Å². The van der Waals surface area contributed by atoms with Crippen LogP contribution in [0, 0.1) is 0 Å². The Morgan fingerprint density at radius 2 is 2.38 bits per heavy atom. The Bertz CT molecular complexity index is 115. The summed E-state index contributed by atoms with van der Waals surface area (Å²) >= 11 is 0. The van der Waals surface area contributed by atoms with Crippen LogP contribution in [0.1, 0.15) is 6.42 Å². The first-order valence-corrected chi connectivity index (χ1v) is 2.02. The van der Waals surface area contributed by atoms with Gasteiger partial charge in [0.2, 0.25) is 6.29 Å². The highest BCUT2D eigenvalue weighted by Crippen LogP contribution is 1.78. The van der Waals surface area contributed by atoms with Gasteiger partial charge in [0.05, 0.1) is 6.42 Å². The van der Waals surface area contributed by atoms with Crippen molar-refractivity contribution in [2.75, 3.05) is 0 Å². The van der Waals surface area contributed by atoms with Crippen molar-refractivity contribution in [1.29, 1.82) is 0 Å². The van der Waals surface area contributed by atoms with Gasteiger partial charge in [0.25, 0.3) is 0 Å². The number of aliphatic carboxylic acids is 1. The summed E-state index contributed by atoms with van der Waals surface area (Å²) in [5.41, 5.74) is 0. The Balaban J connectivity index is 3.29. The molecule has 8 heavy (non-hydrogen) atoms. The molecule has 0 aliphatic carbocycles. The van der Waals surface area contributed by atoms with Crippen molar-refractivity contribution in [3.63, 3.8) is 0 Å². The molecule has 0 unspecified atom stereocenters. The predicted molar refractivity (Wildman–Crippen MR) is 27.1 cm³/mol. The lowest BCUT2D eigenvalue weighted by Gasteiger charge is -1.77. The van der Waals surface area contributed by atoms with Crippen LogP contribution >= 0.6 is 0 Å². The van der Waals surface area contributed by atoms with Crippen molar-refractivity contribution in [2.45, 2.75) is 6.42 Å². The van der Waals surface area contributed by atoms with E-state index in [1.165, 1.54) is 12.4 Å². The monoisotopic (exact) mass is 113 g/mol. The van der Waals surface area contributed by atoms with E-state index in [1.807, 2.05) is 0 Å². The van der Waals surface area contributed by atoms with Crippen molar-refractivity contribution in [1.82, 2.24) is 0 Å². The van der Waals surface area contributed by atoms with Crippen LogP contribution in [-0.4, -0.2) is 17.4 Å². The van der Waals surface area contributed by atoms with E-state index in [0.29, 0.717) is 0 Å². The summed E-state index contributed by atoms with van der Waals surface area (Å²) in [6.45, 7) is 0. The lowest BCUT2D eigenvalue weighted by molar-refractivity contribution is -0.135. The van der Waals surface area contributed by atoms with Gasteiger partial charge >= 0.3 is 5.97 Å². The summed E-state index contributed by atoms with van der Waals surface area (Å²) < 4.78 is 0. The Labute approximate surface area is 46.6 Å². The number of hydrogen-bond donors (Lipinski definition) is 1. The van der Waals surface area contributed by atoms with E-state index in [4.69, 9.17) is 5.11 Å². The van der Waals surface area contributed by atoms with Gasteiger partial charge in [-0.1, -0.05) is 6.08 Å². The number of carbonyl (C=O) groups excluding carboxylic acids is 1. The van der Waals surface area contributed by atoms with Gasteiger partial charge in [-0.05, 0) is 6.08 Å². The average molecular weight is 113 g/mol. The van der Waals surface area contributed by atoms with Crippen LogP contribution in [0.15, 0.2) is 12.2 Å². The third-order valence-corrected chi connectivity index (χ3v) is 0.478. The normalized spacial score (nSPS) is 9.50. The largest absolute Gasteiger partial charge is 0.481 e. The molecule has 43 valence electrons. The molecule has 3 nitrogen and oxygen atoms in total. The van der Waals surface area contributed by atoms with Crippen molar-refractivity contribution < 1.29 is 14.7 Å². The maximum Gasteiger partial charge on any atom is 0.307 e. The number of rotatable bonds is 3. The number of carboxylic acids is 1. The van der Waals surface area contributed by atoms with E-state index in [-0.39, 0.29) is 6.42 Å². The van der Waals surface area contributed by atoms with Gasteiger partial charge in [0.15, 0.2) is 0 Å². The first-order chi connectivity index (χ1) is 3.77. The molecule has 1 N–H and O–H groups in total. The molecule has 0 heterocycles. The summed E-state index contributed by atoms with van der Waals surface area (Å²) in [6.07, 6.45) is 3.58. The molecular weight excluding hydrogens is 108 g/mol. The number of carbonyl (C=O) groups is 1. The van der Waals surface area contributed by atoms with Crippen LogP contribution in [0.25, 0.3) is 0 Å². The second-order valence-electron chi connectivity index (χ2n) is 1.12. The molecular formula is C5H5O3. The second kappa shape index (κ2) is 4.05. The Kier molecular flexibility index (Phi) is 3.48. The fourth-order valence-electron chi connectivity index (χ4n) is 0.208. The molecule has 0 bridgehead atoms. The third-order valence-electron chi connectivity index (χ3n) is 0.478. The zero-order valence-corrected chi connectivity index (χ0v) is 4.13. The SMILES string of the molecule is O=[C]/C=C/CC(=O)O. The summed E-state index contributed by atoms with van der Waals surface area (Å²) in [7, 11) is 0. The van der Waals surface area contributed by atoms with Gasteiger partial charge in [-0.2, -0.15) is 0 Å². The standard InChI is InChI=1S/C5H5O3/c6-4-2-1-3-5(7)8/h1-2H,3H2,(H,7,8)/b2-1+. The van der Waals surface area contributed by atoms with Crippen LogP contribution in [0.3, 0.4) is 0 Å². The first-order valence-electron chi connectivity index (χ1n) is 2.02. The van der Waals surface area contributed by atoms with Gasteiger partial charge in [0.1, 0.15) is 0 Å². The van der Waals surface area contributed by atoms with E-state index in [1.54, 1.807) is 0 Å². The van der Waals surface area contributed by atoms with Crippen LogP contribution in [-0.2, 0) is 9.59 Å². The third kappa shape index (κ3) is 4.88. The molecule has 0 fully saturated rings. The molecule has 0 aliphatic rings. The fraction of sp³-hybridized carbons (Fsp3) is 0.200. The minimum atomic E-state index is -0.948. The topological polar surface area (TPSA) is 54.4 Å². The molecule has 1 radical (unpaired) electrons. The molecule has 0 rings (SSSR count). The molecule has 0 atom stereocenters. The lowest BCUT2D eigenvalue weighted by Crippen LogP contribution is -1.89. The van der Waals surface area contributed by atoms with E-state index >= 15 is 0 Å². The van der Waals surface area contributed by atoms with Crippen LogP contribution in [0.4, 0.5) is 0 Å². The minimum absolute atomic E-state index is 0.116. The highest BCUT2D eigenvalue weighted by molar-refractivity contribution is 5.71. The zero-order chi connectivity index (χ0) is 6.41. The molecule has 0 aromatic heterocycles. The molecule has 0 aromatic carbocycles.